The lowest BCUT2D eigenvalue weighted by Gasteiger charge is -2.39. The summed E-state index contributed by atoms with van der Waals surface area (Å²) in [5.41, 5.74) is 2.32. The van der Waals surface area contributed by atoms with Gasteiger partial charge in [-0.05, 0) is 60.4 Å². The average molecular weight is 463 g/mol. The van der Waals surface area contributed by atoms with Gasteiger partial charge in [0.05, 0.1) is 0 Å². The molecule has 176 valence electrons. The fraction of sp³-hybridized carbons (Fsp3) is 0.296. The van der Waals surface area contributed by atoms with E-state index in [2.05, 4.69) is 16.7 Å². The first kappa shape index (κ1) is 22.4. The highest BCUT2D eigenvalue weighted by Crippen LogP contribution is 2.41. The van der Waals surface area contributed by atoms with Crippen molar-refractivity contribution in [3.63, 3.8) is 0 Å². The van der Waals surface area contributed by atoms with E-state index in [0.29, 0.717) is 25.4 Å². The first-order valence-corrected chi connectivity index (χ1v) is 11.5. The van der Waals surface area contributed by atoms with Crippen molar-refractivity contribution in [2.75, 3.05) is 31.9 Å². The number of hydrogen-bond acceptors (Lipinski definition) is 5. The highest BCUT2D eigenvalue weighted by atomic mass is 19.1. The van der Waals surface area contributed by atoms with Gasteiger partial charge in [0.25, 0.3) is 0 Å². The molecule has 0 spiro atoms. The summed E-state index contributed by atoms with van der Waals surface area (Å²) in [5, 5.41) is 6.44. The summed E-state index contributed by atoms with van der Waals surface area (Å²) in [5.74, 6) is 0.948. The molecule has 0 radical (unpaired) electrons. The van der Waals surface area contributed by atoms with E-state index < -0.39 is 6.04 Å². The molecule has 34 heavy (non-hydrogen) atoms. The number of amides is 1. The number of nitrogens with one attached hydrogen (secondary N) is 2. The zero-order chi connectivity index (χ0) is 23.4. The Morgan fingerprint density at radius 1 is 0.941 bits per heavy atom. The number of carbonyl (C=O) groups is 1. The molecule has 0 saturated carbocycles. The van der Waals surface area contributed by atoms with Gasteiger partial charge in [-0.1, -0.05) is 36.4 Å². The maximum atomic E-state index is 13.3. The minimum atomic E-state index is -0.583. The van der Waals surface area contributed by atoms with Crippen LogP contribution in [-0.4, -0.2) is 32.5 Å². The summed E-state index contributed by atoms with van der Waals surface area (Å²) in [6, 6.07) is 20.9. The number of carbonyl (C=O) groups excluding carboxylic acids is 1. The maximum Gasteiger partial charge on any atom is 0.246 e. The summed E-state index contributed by atoms with van der Waals surface area (Å²) in [6.45, 7) is 2.10. The van der Waals surface area contributed by atoms with Gasteiger partial charge in [-0.25, -0.2) is 4.39 Å². The summed E-state index contributed by atoms with van der Waals surface area (Å²) < 4.78 is 30.1. The lowest BCUT2D eigenvalue weighted by atomic mass is 9.73. The molecule has 1 amide bonds. The van der Waals surface area contributed by atoms with E-state index >= 15 is 0 Å². The predicted octanol–water partition coefficient (Wildman–Crippen LogP) is 4.57. The van der Waals surface area contributed by atoms with Crippen LogP contribution >= 0.6 is 0 Å². The van der Waals surface area contributed by atoms with Gasteiger partial charge in [0.15, 0.2) is 11.5 Å². The van der Waals surface area contributed by atoms with E-state index in [1.54, 1.807) is 12.1 Å². The molecular weight excluding hydrogens is 435 g/mol. The van der Waals surface area contributed by atoms with Crippen LogP contribution in [0, 0.1) is 5.82 Å². The van der Waals surface area contributed by atoms with Gasteiger partial charge in [0, 0.05) is 30.9 Å². The number of halogens is 1. The number of fused-ring (bicyclic) bond motifs is 1. The molecular formula is C27H27FN2O4. The van der Waals surface area contributed by atoms with E-state index in [1.807, 2.05) is 42.5 Å². The maximum absolute atomic E-state index is 13.3. The minimum Gasteiger partial charge on any atom is -0.454 e. The van der Waals surface area contributed by atoms with Crippen LogP contribution in [0.4, 0.5) is 10.1 Å². The minimum absolute atomic E-state index is 0.203. The molecule has 6 nitrogen and oxygen atoms in total. The molecule has 7 heteroatoms. The van der Waals surface area contributed by atoms with Crippen LogP contribution in [0.1, 0.15) is 30.0 Å². The predicted molar refractivity (Wildman–Crippen MR) is 127 cm³/mol. The normalized spacial score (nSPS) is 17.2. The van der Waals surface area contributed by atoms with Gasteiger partial charge in [0.2, 0.25) is 12.7 Å². The summed E-state index contributed by atoms with van der Waals surface area (Å²) in [4.78, 5) is 13.3. The molecule has 5 rings (SSSR count). The van der Waals surface area contributed by atoms with Gasteiger partial charge in [-0.15, -0.1) is 0 Å². The molecule has 1 fully saturated rings. The van der Waals surface area contributed by atoms with E-state index in [1.165, 1.54) is 12.1 Å². The zero-order valence-corrected chi connectivity index (χ0v) is 18.8. The van der Waals surface area contributed by atoms with E-state index in [9.17, 15) is 9.18 Å². The van der Waals surface area contributed by atoms with Crippen LogP contribution in [0.3, 0.4) is 0 Å². The number of benzene rings is 3. The Morgan fingerprint density at radius 2 is 1.68 bits per heavy atom. The molecule has 2 N–H and O–H groups in total. The summed E-state index contributed by atoms with van der Waals surface area (Å²) in [6.07, 6.45) is 1.64. The molecule has 0 aromatic heterocycles. The third-order valence-electron chi connectivity index (χ3n) is 6.59. The van der Waals surface area contributed by atoms with Crippen LogP contribution in [0.25, 0.3) is 0 Å². The zero-order valence-electron chi connectivity index (χ0n) is 18.8. The first-order valence-electron chi connectivity index (χ1n) is 11.5. The van der Waals surface area contributed by atoms with Crippen LogP contribution in [-0.2, 0) is 14.9 Å². The van der Waals surface area contributed by atoms with Crippen molar-refractivity contribution >= 4 is 11.6 Å². The largest absolute Gasteiger partial charge is 0.454 e. The Hall–Kier alpha value is -3.42. The highest BCUT2D eigenvalue weighted by molar-refractivity contribution is 5.95. The van der Waals surface area contributed by atoms with Gasteiger partial charge >= 0.3 is 0 Å². The van der Waals surface area contributed by atoms with Gasteiger partial charge in [0.1, 0.15) is 11.9 Å². The number of hydrogen-bond donors (Lipinski definition) is 2. The Morgan fingerprint density at radius 3 is 2.44 bits per heavy atom. The smallest absolute Gasteiger partial charge is 0.246 e. The Balaban J connectivity index is 1.40. The monoisotopic (exact) mass is 462 g/mol. The second kappa shape index (κ2) is 9.83. The number of rotatable bonds is 7. The fourth-order valence-electron chi connectivity index (χ4n) is 4.61. The molecule has 2 aliphatic rings. The van der Waals surface area contributed by atoms with Crippen LogP contribution in [0.5, 0.6) is 11.5 Å². The summed E-state index contributed by atoms with van der Waals surface area (Å²) >= 11 is 0. The van der Waals surface area contributed by atoms with Crippen molar-refractivity contribution in [1.29, 1.82) is 0 Å². The lowest BCUT2D eigenvalue weighted by Crippen LogP contribution is -2.46. The number of anilines is 1. The quantitative estimate of drug-likeness (QED) is 0.538. The first-order chi connectivity index (χ1) is 16.6. The van der Waals surface area contributed by atoms with Crippen molar-refractivity contribution < 1.29 is 23.4 Å². The topological polar surface area (TPSA) is 68.8 Å². The van der Waals surface area contributed by atoms with Crippen molar-refractivity contribution in [2.24, 2.45) is 0 Å². The third-order valence-corrected chi connectivity index (χ3v) is 6.59. The average Bonchev–Trinajstić information content (AvgIpc) is 3.35. The van der Waals surface area contributed by atoms with Crippen molar-refractivity contribution in [3.05, 3.63) is 89.7 Å². The highest BCUT2D eigenvalue weighted by Gasteiger charge is 2.37. The Labute approximate surface area is 198 Å². The third kappa shape index (κ3) is 4.76. The van der Waals surface area contributed by atoms with E-state index in [4.69, 9.17) is 14.2 Å². The summed E-state index contributed by atoms with van der Waals surface area (Å²) in [7, 11) is 0. The van der Waals surface area contributed by atoms with Gasteiger partial charge < -0.3 is 24.8 Å². The second-order valence-electron chi connectivity index (χ2n) is 8.68. The van der Waals surface area contributed by atoms with Gasteiger partial charge in [-0.3, -0.25) is 4.79 Å². The molecule has 1 saturated heterocycles. The van der Waals surface area contributed by atoms with Crippen molar-refractivity contribution in [2.45, 2.75) is 24.3 Å². The van der Waals surface area contributed by atoms with Crippen molar-refractivity contribution in [3.8, 4) is 11.5 Å². The van der Waals surface area contributed by atoms with Crippen molar-refractivity contribution in [1.82, 2.24) is 5.32 Å². The fourth-order valence-corrected chi connectivity index (χ4v) is 4.61. The van der Waals surface area contributed by atoms with E-state index in [0.717, 1.165) is 35.5 Å². The Kier molecular flexibility index (Phi) is 6.47. The molecule has 1 unspecified atom stereocenters. The standard InChI is InChI=1S/C27H27FN2O4/c28-21-7-9-22(10-8-21)30-26(31)25(19-4-2-1-3-5-19)29-17-27(12-14-32-15-13-27)20-6-11-23-24(16-20)34-18-33-23/h1-11,16,25,29H,12-15,17-18H2,(H,30,31). The van der Waals surface area contributed by atoms with Gasteiger partial charge in [-0.2, -0.15) is 0 Å². The second-order valence-corrected chi connectivity index (χ2v) is 8.68. The molecule has 2 aliphatic heterocycles. The molecule has 3 aromatic rings. The molecule has 0 aliphatic carbocycles. The Bertz CT molecular complexity index is 1130. The molecule has 1 atom stereocenters. The lowest BCUT2D eigenvalue weighted by molar-refractivity contribution is -0.118. The van der Waals surface area contributed by atoms with Crippen LogP contribution in [0.15, 0.2) is 72.8 Å². The molecule has 2 heterocycles. The number of ether oxygens (including phenoxy) is 3. The molecule has 3 aromatic carbocycles. The SMILES string of the molecule is O=C(Nc1ccc(F)cc1)C(NCC1(c2ccc3c(c2)OCO3)CCOCC1)c1ccccc1. The molecule has 0 bridgehead atoms. The van der Waals surface area contributed by atoms with Crippen LogP contribution in [0.2, 0.25) is 0 Å². The van der Waals surface area contributed by atoms with Crippen LogP contribution < -0.4 is 20.1 Å². The van der Waals surface area contributed by atoms with E-state index in [-0.39, 0.29) is 23.9 Å².